The molecule has 4 rings (SSSR count). The van der Waals surface area contributed by atoms with Crippen LogP contribution in [0.3, 0.4) is 0 Å². The van der Waals surface area contributed by atoms with Crippen LogP contribution < -0.4 is 10.2 Å². The summed E-state index contributed by atoms with van der Waals surface area (Å²) in [5.74, 6) is -0.374. The number of carbonyl (C=O) groups is 1. The number of nitrogens with zero attached hydrogens (tertiary/aromatic N) is 2. The molecule has 1 aliphatic heterocycles. The molecule has 7 heteroatoms. The summed E-state index contributed by atoms with van der Waals surface area (Å²) in [6, 6.07) is 17.8. The summed E-state index contributed by atoms with van der Waals surface area (Å²) in [7, 11) is 0. The Hall–Kier alpha value is -3.45. The Labute approximate surface area is 161 Å². The number of hydrogen-bond donors (Lipinski definition) is 1. The fourth-order valence-corrected chi connectivity index (χ4v) is 3.42. The molecule has 0 aromatic heterocycles. The number of ether oxygens (including phenoxy) is 1. The number of carbonyl (C=O) groups excluding carboxylic acids is 1. The van der Waals surface area contributed by atoms with Crippen LogP contribution in [-0.2, 0) is 4.74 Å². The number of anilines is 2. The summed E-state index contributed by atoms with van der Waals surface area (Å²) in [4.78, 5) is 25.9. The number of nitro benzene ring substituents is 1. The van der Waals surface area contributed by atoms with Crippen LogP contribution in [0.1, 0.15) is 10.4 Å². The van der Waals surface area contributed by atoms with Crippen LogP contribution in [0.2, 0.25) is 0 Å². The van der Waals surface area contributed by atoms with Gasteiger partial charge in [0.25, 0.3) is 11.6 Å². The number of fused-ring (bicyclic) bond motifs is 1. The van der Waals surface area contributed by atoms with Gasteiger partial charge < -0.3 is 15.0 Å². The van der Waals surface area contributed by atoms with E-state index < -0.39 is 4.92 Å². The molecule has 0 radical (unpaired) electrons. The zero-order valence-electron chi connectivity index (χ0n) is 15.1. The van der Waals surface area contributed by atoms with Crippen molar-refractivity contribution in [3.05, 3.63) is 76.3 Å². The third-order valence-corrected chi connectivity index (χ3v) is 4.83. The monoisotopic (exact) mass is 377 g/mol. The first-order valence-electron chi connectivity index (χ1n) is 9.04. The largest absolute Gasteiger partial charge is 0.378 e. The average Bonchev–Trinajstić information content (AvgIpc) is 2.74. The van der Waals surface area contributed by atoms with Crippen LogP contribution in [0.15, 0.2) is 60.7 Å². The van der Waals surface area contributed by atoms with Crippen LogP contribution >= 0.6 is 0 Å². The van der Waals surface area contributed by atoms with Crippen molar-refractivity contribution < 1.29 is 14.5 Å². The molecular formula is C21H19N3O4. The third-order valence-electron chi connectivity index (χ3n) is 4.83. The van der Waals surface area contributed by atoms with Gasteiger partial charge in [0, 0.05) is 36.3 Å². The number of non-ortho nitro benzene ring substituents is 1. The van der Waals surface area contributed by atoms with E-state index in [4.69, 9.17) is 4.74 Å². The van der Waals surface area contributed by atoms with Crippen molar-refractivity contribution in [3.8, 4) is 0 Å². The van der Waals surface area contributed by atoms with Crippen molar-refractivity contribution in [1.82, 2.24) is 0 Å². The highest BCUT2D eigenvalue weighted by Gasteiger charge is 2.22. The molecule has 1 saturated heterocycles. The van der Waals surface area contributed by atoms with Gasteiger partial charge in [-0.3, -0.25) is 14.9 Å². The van der Waals surface area contributed by atoms with Gasteiger partial charge in [0.1, 0.15) is 0 Å². The van der Waals surface area contributed by atoms with Gasteiger partial charge in [-0.15, -0.1) is 0 Å². The van der Waals surface area contributed by atoms with Crippen molar-refractivity contribution in [2.24, 2.45) is 0 Å². The smallest absolute Gasteiger partial charge is 0.270 e. The van der Waals surface area contributed by atoms with Crippen molar-refractivity contribution in [3.63, 3.8) is 0 Å². The maximum absolute atomic E-state index is 13.1. The van der Waals surface area contributed by atoms with Crippen molar-refractivity contribution in [2.75, 3.05) is 36.5 Å². The van der Waals surface area contributed by atoms with Crippen molar-refractivity contribution >= 4 is 33.7 Å². The zero-order chi connectivity index (χ0) is 19.5. The van der Waals surface area contributed by atoms with E-state index in [1.165, 1.54) is 12.1 Å². The Kier molecular flexibility index (Phi) is 4.90. The summed E-state index contributed by atoms with van der Waals surface area (Å²) in [6.45, 7) is 2.38. The minimum atomic E-state index is -0.488. The molecule has 28 heavy (non-hydrogen) atoms. The first-order chi connectivity index (χ1) is 13.6. The first kappa shape index (κ1) is 17.9. The predicted molar refractivity (Wildman–Crippen MR) is 108 cm³/mol. The van der Waals surface area contributed by atoms with E-state index >= 15 is 0 Å². The van der Waals surface area contributed by atoms with E-state index in [1.807, 2.05) is 47.4 Å². The number of benzene rings is 3. The standard InChI is InChI=1S/C21H19N3O4/c25-21(22-19-7-3-5-15-4-1-2-6-17(15)19)18-14-16(24(26)27)8-9-20(18)23-10-12-28-13-11-23/h1-9,14H,10-13H2,(H,22,25). The number of amides is 1. The van der Waals surface area contributed by atoms with Crippen molar-refractivity contribution in [2.45, 2.75) is 0 Å². The Morgan fingerprint density at radius 2 is 1.79 bits per heavy atom. The van der Waals surface area contributed by atoms with E-state index in [0.29, 0.717) is 37.7 Å². The Bertz CT molecular complexity index is 1040. The van der Waals surface area contributed by atoms with Gasteiger partial charge >= 0.3 is 0 Å². The molecule has 1 amide bonds. The average molecular weight is 377 g/mol. The first-order valence-corrected chi connectivity index (χ1v) is 9.04. The summed E-state index contributed by atoms with van der Waals surface area (Å²) < 4.78 is 5.38. The molecule has 1 N–H and O–H groups in total. The van der Waals surface area contributed by atoms with E-state index in [9.17, 15) is 14.9 Å². The zero-order valence-corrected chi connectivity index (χ0v) is 15.1. The molecule has 7 nitrogen and oxygen atoms in total. The lowest BCUT2D eigenvalue weighted by molar-refractivity contribution is -0.384. The van der Waals surface area contributed by atoms with E-state index in [0.717, 1.165) is 10.8 Å². The summed E-state index contributed by atoms with van der Waals surface area (Å²) in [5, 5.41) is 16.1. The Morgan fingerprint density at radius 1 is 1.04 bits per heavy atom. The molecular weight excluding hydrogens is 358 g/mol. The van der Waals surface area contributed by atoms with E-state index in [2.05, 4.69) is 5.32 Å². The van der Waals surface area contributed by atoms with Gasteiger partial charge in [0.05, 0.1) is 29.4 Å². The molecule has 1 fully saturated rings. The minimum absolute atomic E-state index is 0.111. The van der Waals surface area contributed by atoms with E-state index in [-0.39, 0.29) is 17.2 Å². The second kappa shape index (κ2) is 7.66. The lowest BCUT2D eigenvalue weighted by atomic mass is 10.1. The summed E-state index contributed by atoms with van der Waals surface area (Å²) in [6.07, 6.45) is 0. The second-order valence-corrected chi connectivity index (χ2v) is 6.54. The highest BCUT2D eigenvalue weighted by Crippen LogP contribution is 2.29. The highest BCUT2D eigenvalue weighted by atomic mass is 16.6. The second-order valence-electron chi connectivity index (χ2n) is 6.54. The fourth-order valence-electron chi connectivity index (χ4n) is 3.42. The molecule has 0 bridgehead atoms. The molecule has 0 aliphatic carbocycles. The number of hydrogen-bond acceptors (Lipinski definition) is 5. The molecule has 3 aromatic carbocycles. The Morgan fingerprint density at radius 3 is 2.57 bits per heavy atom. The molecule has 0 atom stereocenters. The molecule has 3 aromatic rings. The minimum Gasteiger partial charge on any atom is -0.378 e. The van der Waals surface area contributed by atoms with Gasteiger partial charge in [-0.2, -0.15) is 0 Å². The molecule has 0 saturated carbocycles. The van der Waals surface area contributed by atoms with Gasteiger partial charge in [0.15, 0.2) is 0 Å². The highest BCUT2D eigenvalue weighted by molar-refractivity contribution is 6.12. The third kappa shape index (κ3) is 3.52. The van der Waals surface area contributed by atoms with Crippen LogP contribution in [0.4, 0.5) is 17.1 Å². The molecule has 142 valence electrons. The fraction of sp³-hybridized carbons (Fsp3) is 0.190. The summed E-state index contributed by atoms with van der Waals surface area (Å²) >= 11 is 0. The van der Waals surface area contributed by atoms with Crippen LogP contribution in [0.25, 0.3) is 10.8 Å². The normalized spacial score (nSPS) is 14.1. The summed E-state index contributed by atoms with van der Waals surface area (Å²) in [5.41, 5.74) is 1.51. The predicted octanol–water partition coefficient (Wildman–Crippen LogP) is 3.84. The lowest BCUT2D eigenvalue weighted by Gasteiger charge is -2.30. The number of nitrogens with one attached hydrogen (secondary N) is 1. The van der Waals surface area contributed by atoms with Gasteiger partial charge in [-0.1, -0.05) is 36.4 Å². The van der Waals surface area contributed by atoms with E-state index in [1.54, 1.807) is 6.07 Å². The van der Waals surface area contributed by atoms with Crippen LogP contribution in [0.5, 0.6) is 0 Å². The van der Waals surface area contributed by atoms with Crippen molar-refractivity contribution in [1.29, 1.82) is 0 Å². The topological polar surface area (TPSA) is 84.7 Å². The SMILES string of the molecule is O=C(Nc1cccc2ccccc12)c1cc([N+](=O)[O-])ccc1N1CCOCC1. The van der Waals surface area contributed by atoms with Crippen LogP contribution in [-0.4, -0.2) is 37.1 Å². The Balaban J connectivity index is 1.72. The molecule has 1 heterocycles. The maximum Gasteiger partial charge on any atom is 0.270 e. The van der Waals surface area contributed by atoms with Gasteiger partial charge in [-0.05, 0) is 17.5 Å². The quantitative estimate of drug-likeness (QED) is 0.552. The molecule has 1 aliphatic rings. The lowest BCUT2D eigenvalue weighted by Crippen LogP contribution is -2.37. The number of nitro groups is 1. The molecule has 0 spiro atoms. The number of rotatable bonds is 4. The van der Waals surface area contributed by atoms with Gasteiger partial charge in [0.2, 0.25) is 0 Å². The maximum atomic E-state index is 13.1. The number of morpholine rings is 1. The van der Waals surface area contributed by atoms with Gasteiger partial charge in [-0.25, -0.2) is 0 Å². The van der Waals surface area contributed by atoms with Crippen LogP contribution in [0, 0.1) is 10.1 Å². The molecule has 0 unspecified atom stereocenters.